The Kier molecular flexibility index (Phi) is 3.62. The van der Waals surface area contributed by atoms with E-state index in [9.17, 15) is 0 Å². The second-order valence-corrected chi connectivity index (χ2v) is 3.93. The second-order valence-electron chi connectivity index (χ2n) is 3.49. The van der Waals surface area contributed by atoms with E-state index in [2.05, 4.69) is 15.3 Å². The average molecular weight is 244 g/mol. The molecule has 0 aromatic carbocycles. The van der Waals surface area contributed by atoms with Gasteiger partial charge in [-0.05, 0) is 23.8 Å². The molecular formula is C12H12N4S. The Hall–Kier alpha value is -2.01. The first-order chi connectivity index (χ1) is 8.25. The average Bonchev–Trinajstić information content (AvgIpc) is 2.38. The van der Waals surface area contributed by atoms with E-state index >= 15 is 0 Å². The highest BCUT2D eigenvalue weighted by Crippen LogP contribution is 2.07. The minimum absolute atomic E-state index is 0.301. The third-order valence-electron chi connectivity index (χ3n) is 2.20. The van der Waals surface area contributed by atoms with Crippen LogP contribution in [0, 0.1) is 0 Å². The van der Waals surface area contributed by atoms with Crippen LogP contribution in [0.5, 0.6) is 0 Å². The number of pyridine rings is 2. The third-order valence-corrected chi connectivity index (χ3v) is 2.41. The quantitative estimate of drug-likeness (QED) is 0.802. The molecule has 0 unspecified atom stereocenters. The maximum atomic E-state index is 5.52. The van der Waals surface area contributed by atoms with Gasteiger partial charge in [0, 0.05) is 18.9 Å². The van der Waals surface area contributed by atoms with Crippen molar-refractivity contribution in [3.05, 3.63) is 54.0 Å². The molecule has 86 valence electrons. The maximum Gasteiger partial charge on any atom is 0.127 e. The molecule has 0 amide bonds. The highest BCUT2D eigenvalue weighted by Gasteiger charge is 1.99. The standard InChI is InChI=1S/C12H12N4S/c13-12(17)10-4-1-5-11(16-10)15-8-9-3-2-6-14-7-9/h1-7H,8H2,(H2,13,17)(H,15,16). The van der Waals surface area contributed by atoms with Crippen LogP contribution in [0.2, 0.25) is 0 Å². The van der Waals surface area contributed by atoms with Gasteiger partial charge in [-0.2, -0.15) is 0 Å². The normalized spacial score (nSPS) is 9.88. The van der Waals surface area contributed by atoms with Crippen molar-refractivity contribution in [2.75, 3.05) is 5.32 Å². The summed E-state index contributed by atoms with van der Waals surface area (Å²) in [5.41, 5.74) is 7.24. The Balaban J connectivity index is 2.04. The maximum absolute atomic E-state index is 5.52. The van der Waals surface area contributed by atoms with E-state index in [0.29, 0.717) is 17.2 Å². The van der Waals surface area contributed by atoms with Gasteiger partial charge < -0.3 is 11.1 Å². The molecule has 2 heterocycles. The molecule has 17 heavy (non-hydrogen) atoms. The SMILES string of the molecule is NC(=S)c1cccc(NCc2cccnc2)n1. The van der Waals surface area contributed by atoms with Crippen LogP contribution in [-0.2, 0) is 6.54 Å². The van der Waals surface area contributed by atoms with Crippen LogP contribution in [0.1, 0.15) is 11.3 Å². The molecule has 0 atom stereocenters. The van der Waals surface area contributed by atoms with E-state index in [1.807, 2.05) is 30.5 Å². The van der Waals surface area contributed by atoms with Crippen LogP contribution < -0.4 is 11.1 Å². The molecule has 0 saturated heterocycles. The zero-order valence-corrected chi connectivity index (χ0v) is 9.95. The number of anilines is 1. The number of hydrogen-bond acceptors (Lipinski definition) is 4. The van der Waals surface area contributed by atoms with Crippen molar-refractivity contribution in [1.29, 1.82) is 0 Å². The highest BCUT2D eigenvalue weighted by atomic mass is 32.1. The van der Waals surface area contributed by atoms with Crippen molar-refractivity contribution in [2.45, 2.75) is 6.54 Å². The first-order valence-electron chi connectivity index (χ1n) is 5.15. The summed E-state index contributed by atoms with van der Waals surface area (Å²) in [6, 6.07) is 9.43. The Morgan fingerprint density at radius 1 is 1.29 bits per heavy atom. The molecule has 0 fully saturated rings. The smallest absolute Gasteiger partial charge is 0.127 e. The molecule has 2 aromatic rings. The van der Waals surface area contributed by atoms with E-state index in [4.69, 9.17) is 18.0 Å². The number of hydrogen-bond donors (Lipinski definition) is 2. The lowest BCUT2D eigenvalue weighted by Crippen LogP contribution is -2.12. The van der Waals surface area contributed by atoms with Gasteiger partial charge in [0.2, 0.25) is 0 Å². The van der Waals surface area contributed by atoms with Gasteiger partial charge in [-0.25, -0.2) is 4.98 Å². The predicted octanol–water partition coefficient (Wildman–Crippen LogP) is 1.72. The molecule has 5 heteroatoms. The summed E-state index contributed by atoms with van der Waals surface area (Å²) >= 11 is 4.88. The van der Waals surface area contributed by atoms with Crippen LogP contribution in [0.4, 0.5) is 5.82 Å². The van der Waals surface area contributed by atoms with E-state index in [0.717, 1.165) is 11.4 Å². The lowest BCUT2D eigenvalue weighted by Gasteiger charge is -2.06. The van der Waals surface area contributed by atoms with Gasteiger partial charge in [0.05, 0.1) is 5.69 Å². The Morgan fingerprint density at radius 2 is 2.18 bits per heavy atom. The molecule has 0 aliphatic carbocycles. The molecule has 0 bridgehead atoms. The molecule has 0 aliphatic heterocycles. The van der Waals surface area contributed by atoms with Crippen molar-refractivity contribution in [2.24, 2.45) is 5.73 Å². The molecule has 2 aromatic heterocycles. The van der Waals surface area contributed by atoms with Gasteiger partial charge in [-0.15, -0.1) is 0 Å². The van der Waals surface area contributed by atoms with Gasteiger partial charge >= 0.3 is 0 Å². The van der Waals surface area contributed by atoms with E-state index in [1.54, 1.807) is 12.3 Å². The molecular weight excluding hydrogens is 232 g/mol. The summed E-state index contributed by atoms with van der Waals surface area (Å²) in [4.78, 5) is 8.63. The summed E-state index contributed by atoms with van der Waals surface area (Å²) in [5.74, 6) is 0.749. The number of nitrogens with two attached hydrogens (primary N) is 1. The second kappa shape index (κ2) is 5.36. The first-order valence-corrected chi connectivity index (χ1v) is 5.56. The van der Waals surface area contributed by atoms with Crippen molar-refractivity contribution < 1.29 is 0 Å². The Morgan fingerprint density at radius 3 is 2.88 bits per heavy atom. The van der Waals surface area contributed by atoms with Crippen LogP contribution in [0.3, 0.4) is 0 Å². The number of nitrogens with one attached hydrogen (secondary N) is 1. The molecule has 3 N–H and O–H groups in total. The van der Waals surface area contributed by atoms with Crippen molar-refractivity contribution >= 4 is 23.0 Å². The van der Waals surface area contributed by atoms with Crippen LogP contribution in [0.15, 0.2) is 42.7 Å². The van der Waals surface area contributed by atoms with Gasteiger partial charge in [-0.3, -0.25) is 4.98 Å². The number of rotatable bonds is 4. The fraction of sp³-hybridized carbons (Fsp3) is 0.0833. The lowest BCUT2D eigenvalue weighted by molar-refractivity contribution is 1.08. The topological polar surface area (TPSA) is 63.8 Å². The van der Waals surface area contributed by atoms with Crippen molar-refractivity contribution in [3.8, 4) is 0 Å². The summed E-state index contributed by atoms with van der Waals surface area (Å²) in [6.45, 7) is 0.668. The van der Waals surface area contributed by atoms with Crippen LogP contribution in [-0.4, -0.2) is 15.0 Å². The molecule has 0 aliphatic rings. The molecule has 4 nitrogen and oxygen atoms in total. The molecule has 0 spiro atoms. The van der Waals surface area contributed by atoms with Crippen molar-refractivity contribution in [1.82, 2.24) is 9.97 Å². The van der Waals surface area contributed by atoms with E-state index < -0.39 is 0 Å². The minimum Gasteiger partial charge on any atom is -0.388 e. The molecule has 2 rings (SSSR count). The first kappa shape index (κ1) is 11.5. The monoisotopic (exact) mass is 244 g/mol. The van der Waals surface area contributed by atoms with Crippen molar-refractivity contribution in [3.63, 3.8) is 0 Å². The molecule has 0 saturated carbocycles. The molecule has 0 radical (unpaired) electrons. The summed E-state index contributed by atoms with van der Waals surface area (Å²) in [5, 5.41) is 3.19. The zero-order chi connectivity index (χ0) is 12.1. The van der Waals surface area contributed by atoms with Gasteiger partial charge in [0.15, 0.2) is 0 Å². The number of aromatic nitrogens is 2. The number of thiocarbonyl (C=S) groups is 1. The summed E-state index contributed by atoms with van der Waals surface area (Å²) in [6.07, 6.45) is 3.56. The largest absolute Gasteiger partial charge is 0.388 e. The predicted molar refractivity (Wildman–Crippen MR) is 71.7 cm³/mol. The van der Waals surface area contributed by atoms with E-state index in [-0.39, 0.29) is 0 Å². The Bertz CT molecular complexity index is 513. The fourth-order valence-corrected chi connectivity index (χ4v) is 1.48. The highest BCUT2D eigenvalue weighted by molar-refractivity contribution is 7.80. The van der Waals surface area contributed by atoms with Gasteiger partial charge in [0.25, 0.3) is 0 Å². The van der Waals surface area contributed by atoms with Crippen LogP contribution in [0.25, 0.3) is 0 Å². The summed E-state index contributed by atoms with van der Waals surface area (Å²) < 4.78 is 0. The lowest BCUT2D eigenvalue weighted by atomic mass is 10.3. The Labute approximate surface area is 105 Å². The summed E-state index contributed by atoms with van der Waals surface area (Å²) in [7, 11) is 0. The van der Waals surface area contributed by atoms with Gasteiger partial charge in [-0.1, -0.05) is 24.4 Å². The third kappa shape index (κ3) is 3.22. The number of nitrogens with zero attached hydrogens (tertiary/aromatic N) is 2. The minimum atomic E-state index is 0.301. The van der Waals surface area contributed by atoms with Gasteiger partial charge in [0.1, 0.15) is 10.8 Å². The fourth-order valence-electron chi connectivity index (χ4n) is 1.37. The van der Waals surface area contributed by atoms with E-state index in [1.165, 1.54) is 0 Å². The van der Waals surface area contributed by atoms with Crippen LogP contribution >= 0.6 is 12.2 Å². The zero-order valence-electron chi connectivity index (χ0n) is 9.13.